The molecule has 1 atom stereocenters. The van der Waals surface area contributed by atoms with Crippen LogP contribution in [0.3, 0.4) is 0 Å². The molecule has 0 saturated carbocycles. The fourth-order valence-corrected chi connectivity index (χ4v) is 3.11. The predicted molar refractivity (Wildman–Crippen MR) is 78.0 cm³/mol. The Morgan fingerprint density at radius 1 is 1.20 bits per heavy atom. The molecule has 20 heavy (non-hydrogen) atoms. The number of carbonyl (C=O) groups is 2. The summed E-state index contributed by atoms with van der Waals surface area (Å²) in [6.07, 6.45) is 4.61. The minimum atomic E-state index is -0.400. The van der Waals surface area contributed by atoms with Crippen LogP contribution >= 0.6 is 0 Å². The average molecular weight is 281 g/mol. The van der Waals surface area contributed by atoms with Gasteiger partial charge in [0.05, 0.1) is 6.04 Å². The lowest BCUT2D eigenvalue weighted by atomic mass is 9.97. The van der Waals surface area contributed by atoms with Gasteiger partial charge in [-0.05, 0) is 31.6 Å². The van der Waals surface area contributed by atoms with E-state index in [1.54, 1.807) is 0 Å². The van der Waals surface area contributed by atoms with Crippen molar-refractivity contribution in [2.45, 2.75) is 58.0 Å². The van der Waals surface area contributed by atoms with Gasteiger partial charge in [-0.15, -0.1) is 0 Å². The Morgan fingerprint density at radius 3 is 2.40 bits per heavy atom. The molecule has 0 aromatic rings. The Balaban J connectivity index is 1.86. The summed E-state index contributed by atoms with van der Waals surface area (Å²) in [5, 5.41) is 0. The van der Waals surface area contributed by atoms with E-state index < -0.39 is 6.04 Å². The molecule has 2 aliphatic heterocycles. The van der Waals surface area contributed by atoms with E-state index in [9.17, 15) is 9.59 Å². The Morgan fingerprint density at radius 2 is 1.85 bits per heavy atom. The quantitative estimate of drug-likeness (QED) is 0.838. The molecule has 0 aromatic heterocycles. The average Bonchev–Trinajstić information content (AvgIpc) is 2.46. The number of carbonyl (C=O) groups excluding carboxylic acids is 2. The summed E-state index contributed by atoms with van der Waals surface area (Å²) < 4.78 is 0. The maximum absolute atomic E-state index is 12.2. The topological polar surface area (TPSA) is 66.6 Å². The molecule has 2 amide bonds. The van der Waals surface area contributed by atoms with Gasteiger partial charge in [0.1, 0.15) is 0 Å². The van der Waals surface area contributed by atoms with Crippen molar-refractivity contribution in [3.8, 4) is 0 Å². The van der Waals surface area contributed by atoms with Gasteiger partial charge in [-0.2, -0.15) is 0 Å². The highest BCUT2D eigenvalue weighted by molar-refractivity contribution is 5.82. The molecule has 0 aromatic carbocycles. The molecular weight excluding hydrogens is 254 g/mol. The first-order valence-corrected chi connectivity index (χ1v) is 7.84. The first kappa shape index (κ1) is 15.3. The summed E-state index contributed by atoms with van der Waals surface area (Å²) in [4.78, 5) is 28.0. The van der Waals surface area contributed by atoms with E-state index in [0.717, 1.165) is 45.3 Å². The number of hydrogen-bond acceptors (Lipinski definition) is 3. The zero-order valence-corrected chi connectivity index (χ0v) is 12.7. The van der Waals surface area contributed by atoms with Crippen LogP contribution in [0.2, 0.25) is 0 Å². The van der Waals surface area contributed by atoms with Crippen LogP contribution in [-0.4, -0.2) is 53.3 Å². The Kier molecular flexibility index (Phi) is 5.02. The largest absolute Gasteiger partial charge is 0.341 e. The zero-order chi connectivity index (χ0) is 14.7. The van der Waals surface area contributed by atoms with Gasteiger partial charge in [0.2, 0.25) is 11.8 Å². The number of nitrogens with two attached hydrogens (primary N) is 1. The molecule has 2 saturated heterocycles. The van der Waals surface area contributed by atoms with Crippen LogP contribution in [0.15, 0.2) is 0 Å². The van der Waals surface area contributed by atoms with Gasteiger partial charge in [0.25, 0.3) is 0 Å². The maximum atomic E-state index is 12.2. The van der Waals surface area contributed by atoms with Crippen LogP contribution in [0.25, 0.3) is 0 Å². The molecule has 0 unspecified atom stereocenters. The highest BCUT2D eigenvalue weighted by atomic mass is 16.2. The highest BCUT2D eigenvalue weighted by Crippen LogP contribution is 2.22. The number of amides is 2. The fraction of sp³-hybridized carbons (Fsp3) is 0.867. The third-order valence-corrected chi connectivity index (χ3v) is 4.58. The summed E-state index contributed by atoms with van der Waals surface area (Å²) in [7, 11) is 0. The number of likely N-dealkylation sites (tertiary alicyclic amines) is 2. The van der Waals surface area contributed by atoms with Gasteiger partial charge >= 0.3 is 0 Å². The molecule has 2 N–H and O–H groups in total. The van der Waals surface area contributed by atoms with Crippen molar-refractivity contribution in [2.75, 3.05) is 19.6 Å². The van der Waals surface area contributed by atoms with Crippen molar-refractivity contribution in [3.05, 3.63) is 0 Å². The molecule has 0 aliphatic carbocycles. The smallest absolute Gasteiger partial charge is 0.239 e. The van der Waals surface area contributed by atoms with Crippen molar-refractivity contribution < 1.29 is 9.59 Å². The van der Waals surface area contributed by atoms with Gasteiger partial charge in [-0.3, -0.25) is 9.59 Å². The zero-order valence-electron chi connectivity index (χ0n) is 12.7. The molecule has 5 heteroatoms. The first-order chi connectivity index (χ1) is 9.50. The Labute approximate surface area is 121 Å². The predicted octanol–water partition coefficient (Wildman–Crippen LogP) is 0.973. The van der Waals surface area contributed by atoms with E-state index in [2.05, 4.69) is 0 Å². The van der Waals surface area contributed by atoms with E-state index in [1.807, 2.05) is 23.6 Å². The summed E-state index contributed by atoms with van der Waals surface area (Å²) in [5.74, 6) is 0.521. The second-order valence-corrected chi connectivity index (χ2v) is 6.37. The van der Waals surface area contributed by atoms with Gasteiger partial charge in [-0.25, -0.2) is 0 Å². The molecule has 2 heterocycles. The van der Waals surface area contributed by atoms with Crippen LogP contribution in [-0.2, 0) is 9.59 Å². The molecule has 5 nitrogen and oxygen atoms in total. The first-order valence-electron chi connectivity index (χ1n) is 7.84. The normalized spacial score (nSPS) is 23.3. The fourth-order valence-electron chi connectivity index (χ4n) is 3.11. The number of nitrogens with zero attached hydrogens (tertiary/aromatic N) is 2. The van der Waals surface area contributed by atoms with Crippen molar-refractivity contribution >= 4 is 11.8 Å². The lowest BCUT2D eigenvalue weighted by Crippen LogP contribution is -2.53. The van der Waals surface area contributed by atoms with Crippen LogP contribution in [0.5, 0.6) is 0 Å². The number of rotatable bonds is 3. The van der Waals surface area contributed by atoms with Crippen LogP contribution in [0.1, 0.15) is 46.0 Å². The molecule has 2 aliphatic rings. The Hall–Kier alpha value is -1.10. The molecule has 0 spiro atoms. The number of piperidine rings is 2. The number of hydrogen-bond donors (Lipinski definition) is 1. The summed E-state index contributed by atoms with van der Waals surface area (Å²) in [6.45, 7) is 6.30. The second-order valence-electron chi connectivity index (χ2n) is 6.37. The van der Waals surface area contributed by atoms with Crippen molar-refractivity contribution in [3.63, 3.8) is 0 Å². The highest BCUT2D eigenvalue weighted by Gasteiger charge is 2.32. The standard InChI is InChI=1S/C15H27N3O2/c1-11(2)14(16)15(20)17-9-6-12(7-10-17)18-8-4-3-5-13(18)19/h11-12,14H,3-10,16H2,1-2H3/t14-/m0/s1. The Bertz CT molecular complexity index is 362. The molecule has 2 rings (SSSR count). The lowest BCUT2D eigenvalue weighted by Gasteiger charge is -2.41. The van der Waals surface area contributed by atoms with Gasteiger partial charge in [-0.1, -0.05) is 13.8 Å². The monoisotopic (exact) mass is 281 g/mol. The van der Waals surface area contributed by atoms with E-state index >= 15 is 0 Å². The third kappa shape index (κ3) is 3.32. The minimum absolute atomic E-state index is 0.0587. The maximum Gasteiger partial charge on any atom is 0.239 e. The summed E-state index contributed by atoms with van der Waals surface area (Å²) >= 11 is 0. The van der Waals surface area contributed by atoms with E-state index in [0.29, 0.717) is 18.4 Å². The summed E-state index contributed by atoms with van der Waals surface area (Å²) in [5.41, 5.74) is 5.93. The van der Waals surface area contributed by atoms with Crippen LogP contribution in [0.4, 0.5) is 0 Å². The SMILES string of the molecule is CC(C)[C@H](N)C(=O)N1CCC(N2CCCCC2=O)CC1. The van der Waals surface area contributed by atoms with Crippen molar-refractivity contribution in [2.24, 2.45) is 11.7 Å². The van der Waals surface area contributed by atoms with E-state index in [1.165, 1.54) is 0 Å². The molecular formula is C15H27N3O2. The van der Waals surface area contributed by atoms with E-state index in [4.69, 9.17) is 5.73 Å². The lowest BCUT2D eigenvalue weighted by molar-refractivity contribution is -0.139. The van der Waals surface area contributed by atoms with Gasteiger partial charge < -0.3 is 15.5 Å². The second kappa shape index (κ2) is 6.57. The van der Waals surface area contributed by atoms with Crippen LogP contribution in [0, 0.1) is 5.92 Å². The molecule has 114 valence electrons. The van der Waals surface area contributed by atoms with Crippen LogP contribution < -0.4 is 5.73 Å². The van der Waals surface area contributed by atoms with Crippen molar-refractivity contribution in [1.82, 2.24) is 9.80 Å². The van der Waals surface area contributed by atoms with Gasteiger partial charge in [0, 0.05) is 32.1 Å². The molecule has 2 fully saturated rings. The van der Waals surface area contributed by atoms with E-state index in [-0.39, 0.29) is 11.8 Å². The molecule has 0 radical (unpaired) electrons. The molecule has 0 bridgehead atoms. The van der Waals surface area contributed by atoms with Gasteiger partial charge in [0.15, 0.2) is 0 Å². The van der Waals surface area contributed by atoms with Crippen molar-refractivity contribution in [1.29, 1.82) is 0 Å². The summed E-state index contributed by atoms with van der Waals surface area (Å²) in [6, 6.07) is -0.0784. The third-order valence-electron chi connectivity index (χ3n) is 4.58. The minimum Gasteiger partial charge on any atom is -0.341 e.